The van der Waals surface area contributed by atoms with Crippen LogP contribution < -0.4 is 24.0 Å². The summed E-state index contributed by atoms with van der Waals surface area (Å²) < 4.78 is 0. The average molecular weight is 304 g/mol. The van der Waals surface area contributed by atoms with Crippen LogP contribution in [0.1, 0.15) is 44.9 Å². The summed E-state index contributed by atoms with van der Waals surface area (Å²) in [5, 5.41) is 0. The van der Waals surface area contributed by atoms with Gasteiger partial charge < -0.3 is 24.0 Å². The number of halogens is 1. The molecule has 0 nitrogen and oxygen atoms in total. The average Bonchev–Trinajstić information content (AvgIpc) is 1.62. The van der Waals surface area contributed by atoms with Crippen molar-refractivity contribution in [2.24, 2.45) is 0 Å². The summed E-state index contributed by atoms with van der Waals surface area (Å²) in [5.74, 6) is 0. The van der Waals surface area contributed by atoms with Crippen LogP contribution in [0.2, 0.25) is 0 Å². The van der Waals surface area contributed by atoms with Gasteiger partial charge in [-0.05, 0) is 6.42 Å². The summed E-state index contributed by atoms with van der Waals surface area (Å²) in [6, 6.07) is 0. The van der Waals surface area contributed by atoms with Gasteiger partial charge in [0, 0.05) is 19.5 Å². The zero-order chi connectivity index (χ0) is 5.66. The molecule has 0 aliphatic heterocycles. The Kier molecular flexibility index (Phi) is 14.4. The van der Waals surface area contributed by atoms with E-state index in [9.17, 15) is 0 Å². The Hall–Kier alpha value is 1.35. The van der Waals surface area contributed by atoms with Gasteiger partial charge in [-0.25, -0.2) is 0 Å². The Bertz CT molecular complexity index is 33.2. The molecule has 10 heavy (non-hydrogen) atoms. The molecule has 0 atom stereocenters. The predicted molar refractivity (Wildman–Crippen MR) is 36.6 cm³/mol. The van der Waals surface area contributed by atoms with E-state index in [1.165, 1.54) is 44.9 Å². The SMILES string of the molecule is [CH]1CCCCCCC1.[I-].[Zn]. The molecular weight excluding hydrogens is 288 g/mol. The molecule has 1 saturated carbocycles. The molecule has 0 heterocycles. The Labute approximate surface area is 94.3 Å². The molecule has 0 aromatic rings. The fourth-order valence-electron chi connectivity index (χ4n) is 1.25. The Morgan fingerprint density at radius 1 is 0.700 bits per heavy atom. The molecule has 1 radical (unpaired) electrons. The van der Waals surface area contributed by atoms with Gasteiger partial charge in [0.2, 0.25) is 0 Å². The van der Waals surface area contributed by atoms with E-state index in [0.29, 0.717) is 0 Å². The molecule has 0 N–H and O–H groups in total. The summed E-state index contributed by atoms with van der Waals surface area (Å²) in [4.78, 5) is 0. The van der Waals surface area contributed by atoms with Gasteiger partial charge in [0.15, 0.2) is 0 Å². The Morgan fingerprint density at radius 3 is 1.60 bits per heavy atom. The molecule has 1 aliphatic carbocycles. The van der Waals surface area contributed by atoms with Crippen LogP contribution >= 0.6 is 0 Å². The fourth-order valence-corrected chi connectivity index (χ4v) is 1.25. The van der Waals surface area contributed by atoms with Crippen LogP contribution in [-0.4, -0.2) is 0 Å². The molecule has 0 spiro atoms. The van der Waals surface area contributed by atoms with Crippen molar-refractivity contribution in [2.75, 3.05) is 0 Å². The van der Waals surface area contributed by atoms with E-state index >= 15 is 0 Å². The largest absolute Gasteiger partial charge is 1.00 e. The van der Waals surface area contributed by atoms with E-state index < -0.39 is 0 Å². The predicted octanol–water partition coefficient (Wildman–Crippen LogP) is -0.0635. The quantitative estimate of drug-likeness (QED) is 0.434. The van der Waals surface area contributed by atoms with Gasteiger partial charge in [-0.3, -0.25) is 0 Å². The van der Waals surface area contributed by atoms with E-state index in [0.717, 1.165) is 0 Å². The van der Waals surface area contributed by atoms with Crippen LogP contribution in [0.4, 0.5) is 0 Å². The van der Waals surface area contributed by atoms with E-state index in [-0.39, 0.29) is 43.5 Å². The van der Waals surface area contributed by atoms with Crippen LogP contribution in [0.5, 0.6) is 0 Å². The second kappa shape index (κ2) is 10.4. The molecule has 57 valence electrons. The molecule has 0 amide bonds. The topological polar surface area (TPSA) is 0 Å². The van der Waals surface area contributed by atoms with Crippen molar-refractivity contribution in [3.8, 4) is 0 Å². The van der Waals surface area contributed by atoms with Crippen LogP contribution in [-0.2, 0) is 19.5 Å². The monoisotopic (exact) mass is 302 g/mol. The minimum atomic E-state index is 0. The Balaban J connectivity index is 0. The zero-order valence-electron chi connectivity index (χ0n) is 6.61. The molecule has 2 heteroatoms. The zero-order valence-corrected chi connectivity index (χ0v) is 11.7. The minimum absolute atomic E-state index is 0. The first kappa shape index (κ1) is 13.9. The molecule has 1 aliphatic rings. The fraction of sp³-hybridized carbons (Fsp3) is 0.875. The molecule has 0 bridgehead atoms. The second-order valence-corrected chi connectivity index (χ2v) is 2.63. The van der Waals surface area contributed by atoms with Crippen molar-refractivity contribution in [3.05, 3.63) is 6.42 Å². The van der Waals surface area contributed by atoms with Crippen molar-refractivity contribution in [2.45, 2.75) is 44.9 Å². The minimum Gasteiger partial charge on any atom is -1.00 e. The van der Waals surface area contributed by atoms with E-state index in [2.05, 4.69) is 6.42 Å². The molecule has 1 rings (SSSR count). The standard InChI is InChI=1S/C8H15.HI.Zn/c1-2-4-6-8-7-5-3-1;;/h1H,2-8H2;1H;/p-1. The van der Waals surface area contributed by atoms with Crippen molar-refractivity contribution >= 4 is 0 Å². The first-order chi connectivity index (χ1) is 4.00. The van der Waals surface area contributed by atoms with Gasteiger partial charge >= 0.3 is 0 Å². The molecule has 0 aromatic heterocycles. The number of hydrogen-bond donors (Lipinski definition) is 0. The van der Waals surface area contributed by atoms with Crippen LogP contribution in [0.3, 0.4) is 0 Å². The van der Waals surface area contributed by atoms with Gasteiger partial charge in [0.1, 0.15) is 0 Å². The van der Waals surface area contributed by atoms with Crippen molar-refractivity contribution < 1.29 is 43.5 Å². The maximum Gasteiger partial charge on any atom is 0 e. The molecular formula is C8H15IZn-. The van der Waals surface area contributed by atoms with Gasteiger partial charge in [-0.2, -0.15) is 0 Å². The molecule has 0 saturated heterocycles. The van der Waals surface area contributed by atoms with Crippen molar-refractivity contribution in [3.63, 3.8) is 0 Å². The van der Waals surface area contributed by atoms with Gasteiger partial charge in [0.05, 0.1) is 0 Å². The second-order valence-electron chi connectivity index (χ2n) is 2.63. The molecule has 0 aromatic carbocycles. The smallest absolute Gasteiger partial charge is 0 e. The first-order valence-corrected chi connectivity index (χ1v) is 3.82. The number of rotatable bonds is 0. The summed E-state index contributed by atoms with van der Waals surface area (Å²) in [6.07, 6.45) is 12.5. The van der Waals surface area contributed by atoms with Crippen LogP contribution in [0.25, 0.3) is 0 Å². The first-order valence-electron chi connectivity index (χ1n) is 3.82. The summed E-state index contributed by atoms with van der Waals surface area (Å²) in [5.41, 5.74) is 0. The Morgan fingerprint density at radius 2 is 1.10 bits per heavy atom. The maximum absolute atomic E-state index is 2.44. The van der Waals surface area contributed by atoms with Crippen molar-refractivity contribution in [1.82, 2.24) is 0 Å². The molecule has 0 unspecified atom stereocenters. The third kappa shape index (κ3) is 7.46. The number of hydrogen-bond acceptors (Lipinski definition) is 0. The van der Waals surface area contributed by atoms with Gasteiger partial charge in [-0.15, -0.1) is 0 Å². The maximum atomic E-state index is 2.44. The van der Waals surface area contributed by atoms with Crippen molar-refractivity contribution in [1.29, 1.82) is 0 Å². The summed E-state index contributed by atoms with van der Waals surface area (Å²) >= 11 is 0. The summed E-state index contributed by atoms with van der Waals surface area (Å²) in [6.45, 7) is 0. The molecule has 1 fully saturated rings. The van der Waals surface area contributed by atoms with E-state index in [1.807, 2.05) is 0 Å². The summed E-state index contributed by atoms with van der Waals surface area (Å²) in [7, 11) is 0. The van der Waals surface area contributed by atoms with E-state index in [1.54, 1.807) is 0 Å². The van der Waals surface area contributed by atoms with Crippen LogP contribution in [0, 0.1) is 6.42 Å². The van der Waals surface area contributed by atoms with Gasteiger partial charge in [-0.1, -0.05) is 44.9 Å². The van der Waals surface area contributed by atoms with Gasteiger partial charge in [0.25, 0.3) is 0 Å². The normalized spacial score (nSPS) is 19.2. The van der Waals surface area contributed by atoms with E-state index in [4.69, 9.17) is 0 Å². The van der Waals surface area contributed by atoms with Crippen LogP contribution in [0.15, 0.2) is 0 Å². The third-order valence-electron chi connectivity index (χ3n) is 1.82. The third-order valence-corrected chi connectivity index (χ3v) is 1.82.